The molecule has 4 rings (SSSR count). The van der Waals surface area contributed by atoms with Crippen LogP contribution in [0.4, 0.5) is 0 Å². The molecular formula is C25H19N3O6. The number of ether oxygens (including phenoxy) is 2. The Morgan fingerprint density at radius 3 is 2.26 bits per heavy atom. The average Bonchev–Trinajstić information content (AvgIpc) is 2.88. The molecule has 1 aromatic heterocycles. The van der Waals surface area contributed by atoms with Crippen LogP contribution in [0.3, 0.4) is 0 Å². The summed E-state index contributed by atoms with van der Waals surface area (Å²) in [5.41, 5.74) is 0.0844. The number of rotatable bonds is 6. The Morgan fingerprint density at radius 1 is 0.882 bits per heavy atom. The molecule has 3 aromatic carbocycles. The number of carbonyl (C=O) groups excluding carboxylic acids is 3. The van der Waals surface area contributed by atoms with E-state index in [1.54, 1.807) is 72.8 Å². The molecule has 0 spiro atoms. The van der Waals surface area contributed by atoms with Crippen LogP contribution in [0.25, 0.3) is 16.5 Å². The second-order valence-corrected chi connectivity index (χ2v) is 7.10. The highest BCUT2D eigenvalue weighted by atomic mass is 16.5. The molecule has 0 unspecified atom stereocenters. The number of carbonyl (C=O) groups is 3. The molecule has 9 heteroatoms. The van der Waals surface area contributed by atoms with E-state index in [1.807, 2.05) is 0 Å². The number of imide groups is 1. The summed E-state index contributed by atoms with van der Waals surface area (Å²) < 4.78 is 11.3. The van der Waals surface area contributed by atoms with Crippen LogP contribution in [0.2, 0.25) is 0 Å². The number of methoxy groups -OCH3 is 1. The van der Waals surface area contributed by atoms with Crippen LogP contribution in [0.5, 0.6) is 5.75 Å². The zero-order valence-electron chi connectivity index (χ0n) is 18.1. The van der Waals surface area contributed by atoms with Gasteiger partial charge in [0.1, 0.15) is 5.75 Å². The highest BCUT2D eigenvalue weighted by molar-refractivity contribution is 6.07. The van der Waals surface area contributed by atoms with Gasteiger partial charge in [-0.2, -0.15) is 9.78 Å². The summed E-state index contributed by atoms with van der Waals surface area (Å²) in [4.78, 5) is 50.3. The van der Waals surface area contributed by atoms with E-state index in [4.69, 9.17) is 9.47 Å². The number of esters is 1. The lowest BCUT2D eigenvalue weighted by Crippen LogP contribution is -2.34. The Hall–Kier alpha value is -4.79. The van der Waals surface area contributed by atoms with E-state index in [2.05, 4.69) is 10.4 Å². The zero-order chi connectivity index (χ0) is 24.1. The molecule has 0 aliphatic rings. The van der Waals surface area contributed by atoms with E-state index in [1.165, 1.54) is 13.2 Å². The first-order valence-corrected chi connectivity index (χ1v) is 10.2. The standard InChI is InChI=1S/C25H19N3O6/c1-33-20-14-8-7-13-19(20)23(30)26-21(29)15-34-25(32)22-17-11-5-6-12-18(17)24(31)28(27-22)16-9-3-2-4-10-16/h2-14H,15H2,1H3,(H,26,29,30). The monoisotopic (exact) mass is 457 g/mol. The molecule has 34 heavy (non-hydrogen) atoms. The van der Waals surface area contributed by atoms with E-state index in [9.17, 15) is 19.2 Å². The lowest BCUT2D eigenvalue weighted by molar-refractivity contribution is -0.123. The predicted octanol–water partition coefficient (Wildman–Crippen LogP) is 2.51. The van der Waals surface area contributed by atoms with Crippen LogP contribution in [0, 0.1) is 0 Å². The van der Waals surface area contributed by atoms with Gasteiger partial charge >= 0.3 is 5.97 Å². The highest BCUT2D eigenvalue weighted by Gasteiger charge is 2.21. The van der Waals surface area contributed by atoms with Crippen molar-refractivity contribution in [1.82, 2.24) is 15.1 Å². The summed E-state index contributed by atoms with van der Waals surface area (Å²) in [6.45, 7) is -0.722. The topological polar surface area (TPSA) is 117 Å². The lowest BCUT2D eigenvalue weighted by Gasteiger charge is -2.11. The third-order valence-corrected chi connectivity index (χ3v) is 4.94. The number of amides is 2. The van der Waals surface area contributed by atoms with Gasteiger partial charge in [0.2, 0.25) is 0 Å². The Bertz CT molecular complexity index is 1450. The summed E-state index contributed by atoms with van der Waals surface area (Å²) in [5, 5.41) is 6.90. The molecule has 9 nitrogen and oxygen atoms in total. The Labute approximate surface area is 193 Å². The van der Waals surface area contributed by atoms with E-state index in [0.29, 0.717) is 11.4 Å². The van der Waals surface area contributed by atoms with Crippen molar-refractivity contribution in [2.24, 2.45) is 0 Å². The van der Waals surface area contributed by atoms with Gasteiger partial charge in [0.15, 0.2) is 12.3 Å². The van der Waals surface area contributed by atoms with Gasteiger partial charge in [-0.15, -0.1) is 0 Å². The molecule has 1 N–H and O–H groups in total. The fourth-order valence-electron chi connectivity index (χ4n) is 3.35. The first-order chi connectivity index (χ1) is 16.5. The maximum absolute atomic E-state index is 12.9. The van der Waals surface area contributed by atoms with Crippen molar-refractivity contribution in [3.8, 4) is 11.4 Å². The number of nitrogens with zero attached hydrogens (tertiary/aromatic N) is 2. The molecule has 0 atom stereocenters. The minimum Gasteiger partial charge on any atom is -0.496 e. The largest absolute Gasteiger partial charge is 0.496 e. The Morgan fingerprint density at radius 2 is 1.53 bits per heavy atom. The maximum atomic E-state index is 12.9. The first kappa shape index (κ1) is 22.4. The van der Waals surface area contributed by atoms with Gasteiger partial charge < -0.3 is 9.47 Å². The number of nitrogens with one attached hydrogen (secondary N) is 1. The molecule has 2 amide bonds. The second kappa shape index (κ2) is 9.78. The summed E-state index contributed by atoms with van der Waals surface area (Å²) in [7, 11) is 1.40. The molecule has 4 aromatic rings. The van der Waals surface area contributed by atoms with Gasteiger partial charge in [0.05, 0.1) is 23.7 Å². The van der Waals surface area contributed by atoms with E-state index >= 15 is 0 Å². The zero-order valence-corrected chi connectivity index (χ0v) is 18.1. The van der Waals surface area contributed by atoms with Gasteiger partial charge in [-0.1, -0.05) is 48.5 Å². The summed E-state index contributed by atoms with van der Waals surface area (Å²) in [5.74, 6) is -2.14. The molecule has 0 bridgehead atoms. The second-order valence-electron chi connectivity index (χ2n) is 7.10. The molecule has 0 aliphatic heterocycles. The van der Waals surface area contributed by atoms with Gasteiger partial charge in [0.25, 0.3) is 17.4 Å². The molecule has 0 radical (unpaired) electrons. The van der Waals surface area contributed by atoms with E-state index in [0.717, 1.165) is 4.68 Å². The van der Waals surface area contributed by atoms with Crippen molar-refractivity contribution in [3.63, 3.8) is 0 Å². The van der Waals surface area contributed by atoms with Crippen LogP contribution in [0.15, 0.2) is 83.7 Å². The van der Waals surface area contributed by atoms with Crippen LogP contribution in [0.1, 0.15) is 20.8 Å². The first-order valence-electron chi connectivity index (χ1n) is 10.2. The third-order valence-electron chi connectivity index (χ3n) is 4.94. The maximum Gasteiger partial charge on any atom is 0.359 e. The van der Waals surface area contributed by atoms with E-state index in [-0.39, 0.29) is 22.0 Å². The normalized spacial score (nSPS) is 10.5. The van der Waals surface area contributed by atoms with Gasteiger partial charge in [0, 0.05) is 5.39 Å². The minimum atomic E-state index is -0.916. The third kappa shape index (κ3) is 4.53. The molecule has 170 valence electrons. The van der Waals surface area contributed by atoms with Crippen molar-refractivity contribution in [3.05, 3.63) is 100 Å². The summed E-state index contributed by atoms with van der Waals surface area (Å²) >= 11 is 0. The number of hydrogen-bond acceptors (Lipinski definition) is 7. The van der Waals surface area contributed by atoms with Crippen LogP contribution in [-0.4, -0.2) is 41.3 Å². The molecular weight excluding hydrogens is 438 g/mol. The predicted molar refractivity (Wildman–Crippen MR) is 123 cm³/mol. The van der Waals surface area contributed by atoms with Crippen molar-refractivity contribution >= 4 is 28.6 Å². The fourth-order valence-corrected chi connectivity index (χ4v) is 3.35. The fraction of sp³-hybridized carbons (Fsp3) is 0.0800. The van der Waals surface area contributed by atoms with Crippen LogP contribution in [-0.2, 0) is 9.53 Å². The summed E-state index contributed by atoms with van der Waals surface area (Å²) in [6, 6.07) is 21.5. The number of hydrogen-bond donors (Lipinski definition) is 1. The summed E-state index contributed by atoms with van der Waals surface area (Å²) in [6.07, 6.45) is 0. The van der Waals surface area contributed by atoms with Gasteiger partial charge in [-0.05, 0) is 30.3 Å². The number of aromatic nitrogens is 2. The van der Waals surface area contributed by atoms with Crippen molar-refractivity contribution in [2.45, 2.75) is 0 Å². The number of para-hydroxylation sites is 2. The smallest absolute Gasteiger partial charge is 0.359 e. The number of fused-ring (bicyclic) bond motifs is 1. The van der Waals surface area contributed by atoms with Gasteiger partial charge in [-0.3, -0.25) is 19.7 Å². The molecule has 0 fully saturated rings. The van der Waals surface area contributed by atoms with Crippen LogP contribution >= 0.6 is 0 Å². The van der Waals surface area contributed by atoms with E-state index < -0.39 is 29.9 Å². The number of benzene rings is 3. The molecule has 0 saturated carbocycles. The van der Waals surface area contributed by atoms with Gasteiger partial charge in [-0.25, -0.2) is 4.79 Å². The lowest BCUT2D eigenvalue weighted by atomic mass is 10.1. The molecule has 1 heterocycles. The Kier molecular flexibility index (Phi) is 6.45. The van der Waals surface area contributed by atoms with Crippen molar-refractivity contribution in [2.75, 3.05) is 13.7 Å². The van der Waals surface area contributed by atoms with Crippen molar-refractivity contribution in [1.29, 1.82) is 0 Å². The highest BCUT2D eigenvalue weighted by Crippen LogP contribution is 2.17. The Balaban J connectivity index is 1.55. The molecule has 0 aliphatic carbocycles. The van der Waals surface area contributed by atoms with Crippen molar-refractivity contribution < 1.29 is 23.9 Å². The average molecular weight is 457 g/mol. The quantitative estimate of drug-likeness (QED) is 0.442. The minimum absolute atomic E-state index is 0.136. The van der Waals surface area contributed by atoms with Crippen LogP contribution < -0.4 is 15.6 Å². The molecule has 0 saturated heterocycles. The SMILES string of the molecule is COc1ccccc1C(=O)NC(=O)COC(=O)c1nn(-c2ccccc2)c(=O)c2ccccc12.